The molecule has 0 atom stereocenters. The van der Waals surface area contributed by atoms with Gasteiger partial charge in [-0.15, -0.1) is 5.10 Å². The lowest BCUT2D eigenvalue weighted by Crippen LogP contribution is -1.72. The minimum atomic E-state index is 1.53. The van der Waals surface area contributed by atoms with Gasteiger partial charge in [-0.05, 0) is 0 Å². The Hall–Kier alpha value is -1.26. The standard InChI is InChI=1S/C3H2N3/c4-2-1-3-6-5/h5H2. The molecule has 0 fully saturated rings. The van der Waals surface area contributed by atoms with Crippen LogP contribution < -0.4 is 5.84 Å². The van der Waals surface area contributed by atoms with E-state index in [2.05, 4.69) is 10.9 Å². The van der Waals surface area contributed by atoms with E-state index >= 15 is 0 Å². The van der Waals surface area contributed by atoms with Crippen molar-refractivity contribution in [1.29, 1.82) is 5.26 Å². The second kappa shape index (κ2) is 3.74. The second-order valence-electron chi connectivity index (χ2n) is 0.478. The van der Waals surface area contributed by atoms with Gasteiger partial charge in [-0.1, -0.05) is 0 Å². The Morgan fingerprint density at radius 3 is 2.50 bits per heavy atom. The molecule has 1 radical (unpaired) electrons. The van der Waals surface area contributed by atoms with Crippen LogP contribution in [0.15, 0.2) is 5.10 Å². The van der Waals surface area contributed by atoms with Crippen molar-refractivity contribution in [2.75, 3.05) is 0 Å². The van der Waals surface area contributed by atoms with Gasteiger partial charge < -0.3 is 5.84 Å². The molecule has 29 valence electrons. The first kappa shape index (κ1) is 4.74. The normalized spacial score (nSPS) is 4.50. The van der Waals surface area contributed by atoms with Crippen molar-refractivity contribution in [3.63, 3.8) is 0 Å². The van der Waals surface area contributed by atoms with Gasteiger partial charge >= 0.3 is 0 Å². The number of nitrogens with two attached hydrogens (primary N) is 1. The summed E-state index contributed by atoms with van der Waals surface area (Å²) in [6.45, 7) is 0. The highest BCUT2D eigenvalue weighted by Gasteiger charge is 1.49. The van der Waals surface area contributed by atoms with Crippen LogP contribution in [0, 0.1) is 17.4 Å². The highest BCUT2D eigenvalue weighted by Crippen LogP contribution is 1.41. The van der Waals surface area contributed by atoms with Crippen LogP contribution >= 0.6 is 0 Å². The number of hydrogen-bond acceptors (Lipinski definition) is 3. The summed E-state index contributed by atoms with van der Waals surface area (Å²) < 4.78 is 0. The minimum absolute atomic E-state index is 1.53. The molecule has 2 N–H and O–H groups in total. The summed E-state index contributed by atoms with van der Waals surface area (Å²) in [6.07, 6.45) is 1.96. The molecule has 0 amide bonds. The fraction of sp³-hybridized carbons (Fsp3) is 0. The molecule has 0 aliphatic heterocycles. The number of allylic oxidation sites excluding steroid dienone is 1. The summed E-state index contributed by atoms with van der Waals surface area (Å²) in [5.41, 5.74) is 0. The van der Waals surface area contributed by atoms with E-state index in [0.29, 0.717) is 0 Å². The predicted octanol–water partition coefficient (Wildman–Crippen LogP) is -0.587. The van der Waals surface area contributed by atoms with Crippen molar-refractivity contribution in [2.45, 2.75) is 0 Å². The molecule has 0 aromatic rings. The van der Waals surface area contributed by atoms with Crippen LogP contribution in [0.4, 0.5) is 0 Å². The topological polar surface area (TPSA) is 62.2 Å². The number of hydrogen-bond donors (Lipinski definition) is 1. The molecule has 0 heterocycles. The molecule has 0 aliphatic carbocycles. The first-order valence-electron chi connectivity index (χ1n) is 1.21. The van der Waals surface area contributed by atoms with Crippen molar-refractivity contribution in [2.24, 2.45) is 10.9 Å². The van der Waals surface area contributed by atoms with E-state index < -0.39 is 0 Å². The van der Waals surface area contributed by atoms with E-state index in [1.54, 1.807) is 0 Å². The van der Waals surface area contributed by atoms with Gasteiger partial charge in [-0.3, -0.25) is 0 Å². The van der Waals surface area contributed by atoms with Crippen molar-refractivity contribution in [3.05, 3.63) is 6.08 Å². The molecule has 0 spiro atoms. The highest BCUT2D eigenvalue weighted by atomic mass is 15.1. The SMILES string of the molecule is N#C[C]=C=NN. The lowest BCUT2D eigenvalue weighted by Gasteiger charge is -1.50. The zero-order chi connectivity index (χ0) is 4.83. The Balaban J connectivity index is 3.56. The zero-order valence-electron chi connectivity index (χ0n) is 2.97. The molecule has 0 aliphatic rings. The van der Waals surface area contributed by atoms with Crippen LogP contribution in [0.2, 0.25) is 0 Å². The van der Waals surface area contributed by atoms with E-state index in [-0.39, 0.29) is 0 Å². The van der Waals surface area contributed by atoms with Gasteiger partial charge in [-0.2, -0.15) is 5.26 Å². The van der Waals surface area contributed by atoms with E-state index in [0.717, 1.165) is 0 Å². The summed E-state index contributed by atoms with van der Waals surface area (Å²) >= 11 is 0. The fourth-order valence-electron chi connectivity index (χ4n) is 0.0573. The first-order valence-corrected chi connectivity index (χ1v) is 1.21. The van der Waals surface area contributed by atoms with Crippen LogP contribution in [0.5, 0.6) is 0 Å². The molecule has 6 heavy (non-hydrogen) atoms. The second-order valence-corrected chi connectivity index (χ2v) is 0.478. The molecule has 0 rings (SSSR count). The summed E-state index contributed by atoms with van der Waals surface area (Å²) in [5, 5.41) is 10.5. The Morgan fingerprint density at radius 2 is 2.33 bits per heavy atom. The number of nitrogens with zero attached hydrogens (tertiary/aromatic N) is 2. The maximum absolute atomic E-state index is 7.66. The number of nitriles is 1. The van der Waals surface area contributed by atoms with Crippen molar-refractivity contribution < 1.29 is 0 Å². The van der Waals surface area contributed by atoms with E-state index in [1.807, 2.05) is 11.9 Å². The number of hydrazone groups is 1. The molecule has 0 aromatic carbocycles. The third-order valence-electron chi connectivity index (χ3n) is 0.176. The minimum Gasteiger partial charge on any atom is -0.315 e. The molecule has 0 unspecified atom stereocenters. The quantitative estimate of drug-likeness (QED) is 0.183. The Bertz CT molecular complexity index is 112. The van der Waals surface area contributed by atoms with Gasteiger partial charge in [0.15, 0.2) is 0 Å². The third-order valence-corrected chi connectivity index (χ3v) is 0.176. The highest BCUT2D eigenvalue weighted by molar-refractivity contribution is 5.50. The van der Waals surface area contributed by atoms with Gasteiger partial charge in [0.2, 0.25) is 0 Å². The van der Waals surface area contributed by atoms with Gasteiger partial charge in [0.05, 0.1) is 0 Å². The fourth-order valence-corrected chi connectivity index (χ4v) is 0.0573. The van der Waals surface area contributed by atoms with E-state index in [9.17, 15) is 0 Å². The first-order chi connectivity index (χ1) is 2.91. The van der Waals surface area contributed by atoms with Gasteiger partial charge in [-0.25, -0.2) is 0 Å². The summed E-state index contributed by atoms with van der Waals surface area (Å²) in [5.74, 6) is 6.50. The zero-order valence-corrected chi connectivity index (χ0v) is 2.97. The van der Waals surface area contributed by atoms with Gasteiger partial charge in [0.25, 0.3) is 0 Å². The summed E-state index contributed by atoms with van der Waals surface area (Å²) in [4.78, 5) is 0. The monoisotopic (exact) mass is 80.0 g/mol. The smallest absolute Gasteiger partial charge is 0.142 e. The van der Waals surface area contributed by atoms with Crippen molar-refractivity contribution in [1.82, 2.24) is 0 Å². The third kappa shape index (κ3) is 2.74. The maximum Gasteiger partial charge on any atom is 0.142 e. The van der Waals surface area contributed by atoms with E-state index in [4.69, 9.17) is 5.26 Å². The largest absolute Gasteiger partial charge is 0.315 e. The van der Waals surface area contributed by atoms with Gasteiger partial charge in [0, 0.05) is 5.87 Å². The molecular formula is C3H2N3. The summed E-state index contributed by atoms with van der Waals surface area (Å²) in [7, 11) is 0. The summed E-state index contributed by atoms with van der Waals surface area (Å²) in [6, 6.07) is 1.53. The van der Waals surface area contributed by atoms with Crippen LogP contribution in [-0.2, 0) is 0 Å². The lowest BCUT2D eigenvalue weighted by molar-refractivity contribution is 1.27. The number of rotatable bonds is 0. The predicted molar refractivity (Wildman–Crippen MR) is 20.5 cm³/mol. The maximum atomic E-state index is 7.66. The lowest BCUT2D eigenvalue weighted by atomic mass is 10.7. The van der Waals surface area contributed by atoms with Crippen LogP contribution in [0.1, 0.15) is 0 Å². The molecular weight excluding hydrogens is 78.1 g/mol. The Labute approximate surface area is 35.4 Å². The molecule has 3 nitrogen and oxygen atoms in total. The molecule has 3 heteroatoms. The van der Waals surface area contributed by atoms with Crippen LogP contribution in [-0.4, -0.2) is 5.87 Å². The molecule has 0 aromatic heterocycles. The molecule has 0 bridgehead atoms. The average molecular weight is 80.1 g/mol. The molecule has 0 saturated carbocycles. The van der Waals surface area contributed by atoms with E-state index in [1.165, 1.54) is 6.07 Å². The Kier molecular flexibility index (Phi) is 2.95. The van der Waals surface area contributed by atoms with Crippen LogP contribution in [0.25, 0.3) is 0 Å². The van der Waals surface area contributed by atoms with Crippen LogP contribution in [0.3, 0.4) is 0 Å². The molecule has 0 saturated heterocycles. The van der Waals surface area contributed by atoms with Crippen molar-refractivity contribution in [3.8, 4) is 6.07 Å². The average Bonchev–Trinajstić information content (AvgIpc) is 1.61. The van der Waals surface area contributed by atoms with Gasteiger partial charge in [0.1, 0.15) is 12.1 Å². The van der Waals surface area contributed by atoms with Crippen molar-refractivity contribution >= 4 is 5.87 Å². The Morgan fingerprint density at radius 1 is 1.67 bits per heavy atom.